The summed E-state index contributed by atoms with van der Waals surface area (Å²) in [5.41, 5.74) is 0.373. The molecule has 0 fully saturated rings. The number of rotatable bonds is 4. The minimum Gasteiger partial charge on any atom is -0.508 e. The van der Waals surface area contributed by atoms with Gasteiger partial charge in [0, 0.05) is 0 Å². The molecule has 0 radical (unpaired) electrons. The van der Waals surface area contributed by atoms with E-state index in [1.807, 2.05) is 45.9 Å². The third-order valence-corrected chi connectivity index (χ3v) is 2.94. The third-order valence-electron chi connectivity index (χ3n) is 2.58. The van der Waals surface area contributed by atoms with E-state index in [2.05, 4.69) is 9.24 Å². The second-order valence-corrected chi connectivity index (χ2v) is 5.30. The van der Waals surface area contributed by atoms with E-state index in [4.69, 9.17) is 4.74 Å². The van der Waals surface area contributed by atoms with Crippen LogP contribution >= 0.6 is 9.24 Å². The average Bonchev–Trinajstić information content (AvgIpc) is 2.22. The Morgan fingerprint density at radius 2 is 2.12 bits per heavy atom. The van der Waals surface area contributed by atoms with Crippen molar-refractivity contribution < 1.29 is 9.84 Å². The van der Waals surface area contributed by atoms with Crippen LogP contribution < -0.4 is 10.0 Å². The SMILES string of the molecule is CC/C=C(/O)C(C)(C)Oc1ccc(P)cc1C. The number of aryl methyl sites for hydroxylation is 1. The van der Waals surface area contributed by atoms with Crippen LogP contribution in [0.15, 0.2) is 30.0 Å². The Bertz CT molecular complexity index is 422. The highest BCUT2D eigenvalue weighted by Gasteiger charge is 2.25. The van der Waals surface area contributed by atoms with Crippen LogP contribution in [0.25, 0.3) is 0 Å². The highest BCUT2D eigenvalue weighted by atomic mass is 31.0. The Kier molecular flexibility index (Phi) is 4.59. The maximum atomic E-state index is 9.92. The predicted molar refractivity (Wildman–Crippen MR) is 76.2 cm³/mol. The van der Waals surface area contributed by atoms with Gasteiger partial charge in [-0.05, 0) is 56.3 Å². The van der Waals surface area contributed by atoms with Crippen LogP contribution in [0.4, 0.5) is 0 Å². The molecule has 1 N–H and O–H groups in total. The van der Waals surface area contributed by atoms with Gasteiger partial charge in [-0.25, -0.2) is 0 Å². The van der Waals surface area contributed by atoms with Gasteiger partial charge in [0.05, 0.1) is 0 Å². The topological polar surface area (TPSA) is 29.5 Å². The second-order valence-electron chi connectivity index (χ2n) is 4.63. The van der Waals surface area contributed by atoms with E-state index in [1.54, 1.807) is 6.08 Å². The van der Waals surface area contributed by atoms with Crippen LogP contribution in [0, 0.1) is 6.92 Å². The molecule has 0 saturated heterocycles. The van der Waals surface area contributed by atoms with Crippen molar-refractivity contribution in [3.8, 4) is 5.75 Å². The Balaban J connectivity index is 2.93. The van der Waals surface area contributed by atoms with E-state index in [9.17, 15) is 5.11 Å². The highest BCUT2D eigenvalue weighted by Crippen LogP contribution is 2.26. The number of ether oxygens (including phenoxy) is 1. The molecule has 0 amide bonds. The fraction of sp³-hybridized carbons (Fsp3) is 0.429. The molecule has 17 heavy (non-hydrogen) atoms. The fourth-order valence-electron chi connectivity index (χ4n) is 1.55. The molecule has 0 heterocycles. The number of aliphatic hydroxyl groups is 1. The average molecular weight is 252 g/mol. The minimum absolute atomic E-state index is 0.273. The quantitative estimate of drug-likeness (QED) is 0.656. The molecule has 1 rings (SSSR count). The summed E-state index contributed by atoms with van der Waals surface area (Å²) in [5.74, 6) is 1.08. The molecular formula is C14H21O2P. The molecule has 0 saturated carbocycles. The maximum absolute atomic E-state index is 9.92. The molecule has 3 heteroatoms. The van der Waals surface area contributed by atoms with Crippen molar-refractivity contribution in [2.24, 2.45) is 0 Å². The summed E-state index contributed by atoms with van der Waals surface area (Å²) in [7, 11) is 2.66. The van der Waals surface area contributed by atoms with Crippen molar-refractivity contribution >= 4 is 14.5 Å². The lowest BCUT2D eigenvalue weighted by atomic mass is 10.1. The first-order chi connectivity index (χ1) is 7.86. The summed E-state index contributed by atoms with van der Waals surface area (Å²) in [6, 6.07) is 5.94. The van der Waals surface area contributed by atoms with Crippen molar-refractivity contribution in [1.82, 2.24) is 0 Å². The molecule has 0 aromatic heterocycles. The Labute approximate surface area is 106 Å². The second kappa shape index (κ2) is 5.55. The molecule has 1 unspecified atom stereocenters. The van der Waals surface area contributed by atoms with Crippen molar-refractivity contribution in [1.29, 1.82) is 0 Å². The minimum atomic E-state index is -0.691. The van der Waals surface area contributed by atoms with E-state index in [0.29, 0.717) is 0 Å². The highest BCUT2D eigenvalue weighted by molar-refractivity contribution is 7.27. The molecule has 1 aromatic carbocycles. The molecule has 0 spiro atoms. The van der Waals surface area contributed by atoms with Gasteiger partial charge in [-0.1, -0.05) is 13.0 Å². The van der Waals surface area contributed by atoms with E-state index in [1.165, 1.54) is 0 Å². The first-order valence-corrected chi connectivity index (χ1v) is 6.39. The van der Waals surface area contributed by atoms with Crippen LogP contribution in [0.3, 0.4) is 0 Å². The number of benzene rings is 1. The summed E-state index contributed by atoms with van der Waals surface area (Å²) in [4.78, 5) is 0. The lowest BCUT2D eigenvalue weighted by Crippen LogP contribution is -2.31. The first kappa shape index (κ1) is 14.1. The van der Waals surface area contributed by atoms with Crippen LogP contribution in [0.1, 0.15) is 32.8 Å². The van der Waals surface area contributed by atoms with Gasteiger partial charge in [0.2, 0.25) is 0 Å². The van der Waals surface area contributed by atoms with Crippen molar-refractivity contribution in [2.45, 2.75) is 39.7 Å². The zero-order valence-corrected chi connectivity index (χ0v) is 12.1. The van der Waals surface area contributed by atoms with E-state index in [-0.39, 0.29) is 5.76 Å². The van der Waals surface area contributed by atoms with E-state index >= 15 is 0 Å². The molecular weight excluding hydrogens is 231 g/mol. The van der Waals surface area contributed by atoms with Crippen molar-refractivity contribution in [2.75, 3.05) is 0 Å². The van der Waals surface area contributed by atoms with Gasteiger partial charge >= 0.3 is 0 Å². The zero-order valence-electron chi connectivity index (χ0n) is 10.9. The summed E-state index contributed by atoms with van der Waals surface area (Å²) in [6.45, 7) is 7.71. The molecule has 94 valence electrons. The Morgan fingerprint density at radius 3 is 2.65 bits per heavy atom. The van der Waals surface area contributed by atoms with Crippen LogP contribution in [-0.2, 0) is 0 Å². The van der Waals surface area contributed by atoms with Crippen LogP contribution in [-0.4, -0.2) is 10.7 Å². The zero-order chi connectivity index (χ0) is 13.1. The smallest absolute Gasteiger partial charge is 0.159 e. The standard InChI is InChI=1S/C14H21O2P/c1-5-6-13(15)14(3,4)16-12-8-7-11(17)9-10(12)2/h6-9,15H,5,17H2,1-4H3/b13-6+. The third kappa shape index (κ3) is 3.74. The molecule has 1 atom stereocenters. The lowest BCUT2D eigenvalue weighted by Gasteiger charge is -2.27. The van der Waals surface area contributed by atoms with Gasteiger partial charge in [-0.3, -0.25) is 0 Å². The van der Waals surface area contributed by atoms with Gasteiger partial charge in [0.25, 0.3) is 0 Å². The Morgan fingerprint density at radius 1 is 1.47 bits per heavy atom. The first-order valence-electron chi connectivity index (χ1n) is 5.81. The van der Waals surface area contributed by atoms with Crippen LogP contribution in [0.2, 0.25) is 0 Å². The largest absolute Gasteiger partial charge is 0.508 e. The predicted octanol–water partition coefficient (Wildman–Crippen LogP) is 3.50. The molecule has 1 aromatic rings. The summed E-state index contributed by atoms with van der Waals surface area (Å²) in [6.07, 6.45) is 2.57. The number of allylic oxidation sites excluding steroid dienone is 1. The van der Waals surface area contributed by atoms with Gasteiger partial charge in [-0.2, -0.15) is 0 Å². The van der Waals surface area contributed by atoms with Crippen molar-refractivity contribution in [3.05, 3.63) is 35.6 Å². The molecule has 0 aliphatic rings. The summed E-state index contributed by atoms with van der Waals surface area (Å²) >= 11 is 0. The van der Waals surface area contributed by atoms with Gasteiger partial charge < -0.3 is 9.84 Å². The Hall–Kier alpha value is -1.01. The van der Waals surface area contributed by atoms with Gasteiger partial charge in [0.15, 0.2) is 5.60 Å². The summed E-state index contributed by atoms with van der Waals surface area (Å²) in [5, 5.41) is 11.0. The molecule has 2 nitrogen and oxygen atoms in total. The normalized spacial score (nSPS) is 12.6. The van der Waals surface area contributed by atoms with Crippen LogP contribution in [0.5, 0.6) is 5.75 Å². The maximum Gasteiger partial charge on any atom is 0.159 e. The fourth-order valence-corrected chi connectivity index (χ4v) is 1.90. The van der Waals surface area contributed by atoms with E-state index < -0.39 is 5.60 Å². The lowest BCUT2D eigenvalue weighted by molar-refractivity contribution is 0.0949. The number of aliphatic hydroxyl groups excluding tert-OH is 1. The van der Waals surface area contributed by atoms with Crippen molar-refractivity contribution in [3.63, 3.8) is 0 Å². The number of hydrogen-bond donors (Lipinski definition) is 1. The van der Waals surface area contributed by atoms with Gasteiger partial charge in [0.1, 0.15) is 11.5 Å². The molecule has 0 aliphatic heterocycles. The van der Waals surface area contributed by atoms with E-state index in [0.717, 1.165) is 23.0 Å². The molecule has 0 aliphatic carbocycles. The molecule has 0 bridgehead atoms. The summed E-state index contributed by atoms with van der Waals surface area (Å²) < 4.78 is 5.87. The number of hydrogen-bond acceptors (Lipinski definition) is 2. The van der Waals surface area contributed by atoms with Gasteiger partial charge in [-0.15, -0.1) is 9.24 Å². The monoisotopic (exact) mass is 252 g/mol.